The maximum atomic E-state index is 12.5. The van der Waals surface area contributed by atoms with Gasteiger partial charge in [-0.15, -0.1) is 11.3 Å². The van der Waals surface area contributed by atoms with Crippen LogP contribution in [0.15, 0.2) is 34.4 Å². The number of rotatable bonds is 4. The summed E-state index contributed by atoms with van der Waals surface area (Å²) >= 11 is 1.58. The standard InChI is InChI=1S/C18H20N6O2S/c1-12-21-15(11-27-12)9-20-18(25)24-7-3-5-14(10-24)17-22-16(23-26-17)13-4-2-6-19-8-13/h2,4,6,8,11,14H,3,5,7,9-10H2,1H3,(H,20,25)/t14-/m0/s1. The number of likely N-dealkylation sites (tertiary alicyclic amines) is 1. The van der Waals surface area contributed by atoms with Gasteiger partial charge in [-0.25, -0.2) is 9.78 Å². The number of hydrogen-bond donors (Lipinski definition) is 1. The predicted octanol–water partition coefficient (Wildman–Crippen LogP) is 2.99. The molecule has 0 saturated carbocycles. The number of aryl methyl sites for hydroxylation is 1. The first-order valence-electron chi connectivity index (χ1n) is 8.87. The lowest BCUT2D eigenvalue weighted by Gasteiger charge is -2.30. The smallest absolute Gasteiger partial charge is 0.317 e. The van der Waals surface area contributed by atoms with Gasteiger partial charge in [0.2, 0.25) is 11.7 Å². The Balaban J connectivity index is 1.38. The van der Waals surface area contributed by atoms with Crippen LogP contribution in [0, 0.1) is 6.92 Å². The van der Waals surface area contributed by atoms with Gasteiger partial charge < -0.3 is 14.7 Å². The molecular formula is C18H20N6O2S. The monoisotopic (exact) mass is 384 g/mol. The van der Waals surface area contributed by atoms with Crippen molar-refractivity contribution in [1.29, 1.82) is 0 Å². The van der Waals surface area contributed by atoms with Crippen LogP contribution in [-0.2, 0) is 6.54 Å². The maximum Gasteiger partial charge on any atom is 0.317 e. The number of pyridine rings is 1. The third kappa shape index (κ3) is 4.13. The molecule has 2 amide bonds. The third-order valence-electron chi connectivity index (χ3n) is 4.51. The van der Waals surface area contributed by atoms with E-state index in [9.17, 15) is 4.79 Å². The number of carbonyl (C=O) groups is 1. The molecule has 3 aromatic heterocycles. The molecule has 1 saturated heterocycles. The molecule has 27 heavy (non-hydrogen) atoms. The summed E-state index contributed by atoms with van der Waals surface area (Å²) in [6.45, 7) is 3.68. The fraction of sp³-hybridized carbons (Fsp3) is 0.389. The largest absolute Gasteiger partial charge is 0.339 e. The first kappa shape index (κ1) is 17.6. The van der Waals surface area contributed by atoms with Crippen molar-refractivity contribution in [3.8, 4) is 11.4 Å². The highest BCUT2D eigenvalue weighted by molar-refractivity contribution is 7.09. The molecule has 1 atom stereocenters. The van der Waals surface area contributed by atoms with Crippen LogP contribution in [0.1, 0.15) is 35.4 Å². The molecule has 140 valence electrons. The molecule has 1 N–H and O–H groups in total. The van der Waals surface area contributed by atoms with Gasteiger partial charge in [-0.1, -0.05) is 5.16 Å². The Morgan fingerprint density at radius 1 is 1.44 bits per heavy atom. The van der Waals surface area contributed by atoms with Crippen molar-refractivity contribution in [2.45, 2.75) is 32.2 Å². The number of nitrogens with zero attached hydrogens (tertiary/aromatic N) is 5. The van der Waals surface area contributed by atoms with Crippen LogP contribution in [-0.4, -0.2) is 44.1 Å². The fourth-order valence-electron chi connectivity index (χ4n) is 3.14. The van der Waals surface area contributed by atoms with Gasteiger partial charge in [-0.2, -0.15) is 4.98 Å². The molecule has 3 aromatic rings. The minimum atomic E-state index is -0.0858. The summed E-state index contributed by atoms with van der Waals surface area (Å²) in [5, 5.41) is 9.96. The number of nitrogens with one attached hydrogen (secondary N) is 1. The van der Waals surface area contributed by atoms with Crippen LogP contribution in [0.25, 0.3) is 11.4 Å². The topological polar surface area (TPSA) is 97.0 Å². The Hall–Kier alpha value is -2.81. The van der Waals surface area contributed by atoms with Crippen molar-refractivity contribution < 1.29 is 9.32 Å². The second kappa shape index (κ2) is 7.83. The summed E-state index contributed by atoms with van der Waals surface area (Å²) in [5.74, 6) is 1.14. The van der Waals surface area contributed by atoms with E-state index >= 15 is 0 Å². The van der Waals surface area contributed by atoms with E-state index in [0.29, 0.717) is 24.8 Å². The van der Waals surface area contributed by atoms with Gasteiger partial charge in [0.1, 0.15) is 0 Å². The third-order valence-corrected chi connectivity index (χ3v) is 5.33. The maximum absolute atomic E-state index is 12.5. The van der Waals surface area contributed by atoms with Crippen LogP contribution >= 0.6 is 11.3 Å². The van der Waals surface area contributed by atoms with Crippen molar-refractivity contribution in [2.75, 3.05) is 13.1 Å². The van der Waals surface area contributed by atoms with Crippen molar-refractivity contribution in [2.24, 2.45) is 0 Å². The number of aromatic nitrogens is 4. The highest BCUT2D eigenvalue weighted by Crippen LogP contribution is 2.27. The quantitative estimate of drug-likeness (QED) is 0.743. The van der Waals surface area contributed by atoms with E-state index in [0.717, 1.165) is 35.7 Å². The van der Waals surface area contributed by atoms with Crippen molar-refractivity contribution in [3.05, 3.63) is 46.5 Å². The van der Waals surface area contributed by atoms with Gasteiger partial charge in [0, 0.05) is 36.4 Å². The number of carbonyl (C=O) groups excluding carboxylic acids is 1. The molecule has 8 nitrogen and oxygen atoms in total. The number of amides is 2. The Morgan fingerprint density at radius 3 is 3.15 bits per heavy atom. The fourth-order valence-corrected chi connectivity index (χ4v) is 3.76. The molecule has 1 aliphatic rings. The van der Waals surface area contributed by atoms with E-state index in [4.69, 9.17) is 4.52 Å². The minimum Gasteiger partial charge on any atom is -0.339 e. The van der Waals surface area contributed by atoms with E-state index in [1.165, 1.54) is 0 Å². The number of urea groups is 1. The molecule has 0 radical (unpaired) electrons. The zero-order valence-electron chi connectivity index (χ0n) is 15.0. The van der Waals surface area contributed by atoms with E-state index in [-0.39, 0.29) is 11.9 Å². The van der Waals surface area contributed by atoms with E-state index in [1.54, 1.807) is 28.6 Å². The average Bonchev–Trinajstić information content (AvgIpc) is 3.36. The second-order valence-corrected chi connectivity index (χ2v) is 7.56. The van der Waals surface area contributed by atoms with Crippen LogP contribution in [0.3, 0.4) is 0 Å². The van der Waals surface area contributed by atoms with E-state index < -0.39 is 0 Å². The lowest BCUT2D eigenvalue weighted by atomic mass is 9.98. The minimum absolute atomic E-state index is 0.0453. The molecule has 0 unspecified atom stereocenters. The summed E-state index contributed by atoms with van der Waals surface area (Å²) < 4.78 is 5.46. The summed E-state index contributed by atoms with van der Waals surface area (Å²) in [6, 6.07) is 3.64. The van der Waals surface area contributed by atoms with Crippen molar-refractivity contribution in [1.82, 2.24) is 30.3 Å². The van der Waals surface area contributed by atoms with E-state index in [1.807, 2.05) is 24.4 Å². The molecule has 1 fully saturated rings. The average molecular weight is 384 g/mol. The van der Waals surface area contributed by atoms with Gasteiger partial charge in [0.15, 0.2) is 0 Å². The molecular weight excluding hydrogens is 364 g/mol. The Morgan fingerprint density at radius 2 is 2.37 bits per heavy atom. The molecule has 1 aliphatic heterocycles. The molecule has 9 heteroatoms. The molecule has 0 aliphatic carbocycles. The summed E-state index contributed by atoms with van der Waals surface area (Å²) in [6.07, 6.45) is 5.23. The lowest BCUT2D eigenvalue weighted by Crippen LogP contribution is -2.44. The van der Waals surface area contributed by atoms with Crippen LogP contribution < -0.4 is 5.32 Å². The van der Waals surface area contributed by atoms with Crippen molar-refractivity contribution >= 4 is 17.4 Å². The van der Waals surface area contributed by atoms with Crippen molar-refractivity contribution in [3.63, 3.8) is 0 Å². The first-order chi connectivity index (χ1) is 13.2. The predicted molar refractivity (Wildman–Crippen MR) is 100 cm³/mol. The molecule has 0 spiro atoms. The lowest BCUT2D eigenvalue weighted by molar-refractivity contribution is 0.171. The van der Waals surface area contributed by atoms with E-state index in [2.05, 4.69) is 25.4 Å². The molecule has 0 aromatic carbocycles. The number of thiazole rings is 1. The Bertz CT molecular complexity index is 909. The zero-order chi connectivity index (χ0) is 18.6. The van der Waals surface area contributed by atoms with Crippen LogP contribution in [0.4, 0.5) is 4.79 Å². The summed E-state index contributed by atoms with van der Waals surface area (Å²) in [5.41, 5.74) is 1.70. The van der Waals surface area contributed by atoms with Gasteiger partial charge in [-0.05, 0) is 31.9 Å². The molecule has 4 rings (SSSR count). The van der Waals surface area contributed by atoms with Crippen LogP contribution in [0.5, 0.6) is 0 Å². The Labute approximate surface area is 160 Å². The molecule has 4 heterocycles. The zero-order valence-corrected chi connectivity index (χ0v) is 15.8. The van der Waals surface area contributed by atoms with Gasteiger partial charge in [-0.3, -0.25) is 4.98 Å². The number of piperidine rings is 1. The Kier molecular flexibility index (Phi) is 5.10. The van der Waals surface area contributed by atoms with Gasteiger partial charge >= 0.3 is 6.03 Å². The highest BCUT2D eigenvalue weighted by atomic mass is 32.1. The molecule has 0 bridgehead atoms. The van der Waals surface area contributed by atoms with Gasteiger partial charge in [0.05, 0.1) is 23.2 Å². The normalized spacial score (nSPS) is 17.1. The second-order valence-electron chi connectivity index (χ2n) is 6.50. The summed E-state index contributed by atoms with van der Waals surface area (Å²) in [7, 11) is 0. The highest BCUT2D eigenvalue weighted by Gasteiger charge is 2.28. The summed E-state index contributed by atoms with van der Waals surface area (Å²) in [4.78, 5) is 27.3. The first-order valence-corrected chi connectivity index (χ1v) is 9.75. The number of hydrogen-bond acceptors (Lipinski definition) is 7. The van der Waals surface area contributed by atoms with Gasteiger partial charge in [0.25, 0.3) is 0 Å². The SMILES string of the molecule is Cc1nc(CNC(=O)N2CCC[C@H](c3nc(-c4cccnc4)no3)C2)cs1. The van der Waals surface area contributed by atoms with Crippen LogP contribution in [0.2, 0.25) is 0 Å².